The van der Waals surface area contributed by atoms with E-state index < -0.39 is 16.1 Å². The van der Waals surface area contributed by atoms with Crippen molar-refractivity contribution in [1.82, 2.24) is 20.0 Å². The number of carbonyl (C=O) groups is 1. The van der Waals surface area contributed by atoms with Gasteiger partial charge in [0.15, 0.2) is 0 Å². The van der Waals surface area contributed by atoms with Gasteiger partial charge in [-0.15, -0.1) is 0 Å². The number of aromatic amines is 1. The minimum Gasteiger partial charge on any atom is -0.351 e. The first-order chi connectivity index (χ1) is 13.5. The Labute approximate surface area is 166 Å². The number of amides is 1. The smallest absolute Gasteiger partial charge is 0.238 e. The summed E-state index contributed by atoms with van der Waals surface area (Å²) in [5.74, 6) is 0.168. The van der Waals surface area contributed by atoms with Gasteiger partial charge in [0.05, 0.1) is 5.75 Å². The minimum atomic E-state index is -3.46. The maximum atomic E-state index is 12.8. The standard InChI is InChI=1S/C20H30N4O3S/c1-2-10-28(26,27)24-18(12-15-6-4-3-5-7-15)20(25)23-14-16-11-17-8-9-21-19(17)22-13-16/h8-9,11,13,15,18,24H,2-7,10,12,14H2,1H3,(H,21,22)(H,23,25). The number of fused-ring (bicyclic) bond motifs is 1. The fourth-order valence-corrected chi connectivity index (χ4v) is 5.20. The first-order valence-electron chi connectivity index (χ1n) is 10.2. The molecule has 0 radical (unpaired) electrons. The number of carbonyl (C=O) groups excluding carboxylic acids is 1. The van der Waals surface area contributed by atoms with Gasteiger partial charge in [-0.3, -0.25) is 4.79 Å². The monoisotopic (exact) mass is 406 g/mol. The summed E-state index contributed by atoms with van der Waals surface area (Å²) in [5.41, 5.74) is 1.69. The van der Waals surface area contributed by atoms with Gasteiger partial charge in [-0.05, 0) is 36.5 Å². The van der Waals surface area contributed by atoms with E-state index in [1.807, 2.05) is 25.3 Å². The molecule has 0 aliphatic heterocycles. The molecule has 0 saturated heterocycles. The van der Waals surface area contributed by atoms with E-state index in [0.29, 0.717) is 25.3 Å². The first-order valence-corrected chi connectivity index (χ1v) is 11.8. The highest BCUT2D eigenvalue weighted by molar-refractivity contribution is 7.89. The molecule has 3 rings (SSSR count). The van der Waals surface area contributed by atoms with Crippen molar-refractivity contribution in [3.05, 3.63) is 30.1 Å². The number of hydrogen-bond donors (Lipinski definition) is 3. The van der Waals surface area contributed by atoms with Crippen molar-refractivity contribution in [3.63, 3.8) is 0 Å². The van der Waals surface area contributed by atoms with Crippen molar-refractivity contribution in [2.75, 3.05) is 5.75 Å². The lowest BCUT2D eigenvalue weighted by Crippen LogP contribution is -2.48. The van der Waals surface area contributed by atoms with Crippen molar-refractivity contribution >= 4 is 27.0 Å². The van der Waals surface area contributed by atoms with Crippen LogP contribution in [0.5, 0.6) is 0 Å². The molecule has 1 fully saturated rings. The molecule has 0 spiro atoms. The Morgan fingerprint density at radius 2 is 2.11 bits per heavy atom. The zero-order valence-electron chi connectivity index (χ0n) is 16.4. The third-order valence-electron chi connectivity index (χ3n) is 5.33. The lowest BCUT2D eigenvalue weighted by molar-refractivity contribution is -0.123. The van der Waals surface area contributed by atoms with Crippen LogP contribution in [0.25, 0.3) is 11.0 Å². The number of hydrogen-bond acceptors (Lipinski definition) is 4. The van der Waals surface area contributed by atoms with Crippen molar-refractivity contribution in [3.8, 4) is 0 Å². The van der Waals surface area contributed by atoms with Gasteiger partial charge in [0.1, 0.15) is 11.7 Å². The van der Waals surface area contributed by atoms with E-state index in [2.05, 4.69) is 20.0 Å². The summed E-state index contributed by atoms with van der Waals surface area (Å²) in [5, 5.41) is 3.87. The molecule has 2 aromatic heterocycles. The Balaban J connectivity index is 1.65. The highest BCUT2D eigenvalue weighted by atomic mass is 32.2. The van der Waals surface area contributed by atoms with Crippen LogP contribution in [0.15, 0.2) is 24.5 Å². The van der Waals surface area contributed by atoms with E-state index in [1.165, 1.54) is 6.42 Å². The Kier molecular flexibility index (Phi) is 7.07. The summed E-state index contributed by atoms with van der Waals surface area (Å²) in [4.78, 5) is 20.2. The minimum absolute atomic E-state index is 0.0372. The van der Waals surface area contributed by atoms with Gasteiger partial charge in [0.2, 0.25) is 15.9 Å². The van der Waals surface area contributed by atoms with Crippen molar-refractivity contribution in [1.29, 1.82) is 0 Å². The Bertz CT molecular complexity index is 888. The number of sulfonamides is 1. The van der Waals surface area contributed by atoms with Gasteiger partial charge in [-0.1, -0.05) is 39.0 Å². The van der Waals surface area contributed by atoms with Crippen molar-refractivity contribution in [2.24, 2.45) is 5.92 Å². The fraction of sp³-hybridized carbons (Fsp3) is 0.600. The maximum Gasteiger partial charge on any atom is 0.238 e. The van der Waals surface area contributed by atoms with E-state index in [-0.39, 0.29) is 11.7 Å². The van der Waals surface area contributed by atoms with Gasteiger partial charge in [-0.2, -0.15) is 0 Å². The number of H-pyrrole nitrogens is 1. The summed E-state index contributed by atoms with van der Waals surface area (Å²) in [6.07, 6.45) is 10.3. The third kappa shape index (κ3) is 5.78. The zero-order valence-corrected chi connectivity index (χ0v) is 17.2. The SMILES string of the molecule is CCCS(=O)(=O)NC(CC1CCCCC1)C(=O)NCc1cnc2[nH]ccc2c1. The second-order valence-electron chi connectivity index (χ2n) is 7.71. The highest BCUT2D eigenvalue weighted by Crippen LogP contribution is 2.27. The zero-order chi connectivity index (χ0) is 20.0. The molecule has 1 aliphatic carbocycles. The van der Waals surface area contributed by atoms with E-state index in [1.54, 1.807) is 6.20 Å². The van der Waals surface area contributed by atoms with Crippen LogP contribution < -0.4 is 10.0 Å². The second-order valence-corrected chi connectivity index (χ2v) is 9.58. The molecule has 1 atom stereocenters. The lowest BCUT2D eigenvalue weighted by atomic mass is 9.85. The molecule has 1 amide bonds. The first kappa shape index (κ1) is 20.8. The molecule has 28 heavy (non-hydrogen) atoms. The molecule has 2 aromatic rings. The van der Waals surface area contributed by atoms with E-state index in [9.17, 15) is 13.2 Å². The average molecular weight is 407 g/mol. The molecule has 0 bridgehead atoms. The van der Waals surface area contributed by atoms with E-state index in [0.717, 1.165) is 42.3 Å². The van der Waals surface area contributed by atoms with Crippen LogP contribution in [0.1, 0.15) is 57.4 Å². The number of aromatic nitrogens is 2. The van der Waals surface area contributed by atoms with Crippen LogP contribution in [0, 0.1) is 5.92 Å². The van der Waals surface area contributed by atoms with Gasteiger partial charge >= 0.3 is 0 Å². The number of rotatable bonds is 9. The number of pyridine rings is 1. The Morgan fingerprint density at radius 1 is 1.32 bits per heavy atom. The molecule has 1 unspecified atom stereocenters. The average Bonchev–Trinajstić information content (AvgIpc) is 3.14. The summed E-state index contributed by atoms with van der Waals surface area (Å²) >= 11 is 0. The van der Waals surface area contributed by atoms with E-state index >= 15 is 0 Å². The normalized spacial score (nSPS) is 16.9. The molecule has 7 nitrogen and oxygen atoms in total. The summed E-state index contributed by atoms with van der Waals surface area (Å²) < 4.78 is 27.2. The second kappa shape index (κ2) is 9.52. The van der Waals surface area contributed by atoms with Crippen molar-refractivity contribution < 1.29 is 13.2 Å². The number of nitrogens with zero attached hydrogens (tertiary/aromatic N) is 1. The summed E-state index contributed by atoms with van der Waals surface area (Å²) in [7, 11) is -3.46. The maximum absolute atomic E-state index is 12.8. The van der Waals surface area contributed by atoms with Gasteiger partial charge in [-0.25, -0.2) is 18.1 Å². The topological polar surface area (TPSA) is 104 Å². The summed E-state index contributed by atoms with van der Waals surface area (Å²) in [6, 6.07) is 3.18. The molecule has 8 heteroatoms. The van der Waals surface area contributed by atoms with Crippen LogP contribution >= 0.6 is 0 Å². The van der Waals surface area contributed by atoms with Gasteiger partial charge in [0, 0.05) is 24.3 Å². The lowest BCUT2D eigenvalue weighted by Gasteiger charge is -2.26. The molecule has 1 aliphatic rings. The van der Waals surface area contributed by atoms with Crippen LogP contribution in [0.2, 0.25) is 0 Å². The molecular formula is C20H30N4O3S. The Morgan fingerprint density at radius 3 is 2.86 bits per heavy atom. The van der Waals surface area contributed by atoms with Crippen LogP contribution in [0.4, 0.5) is 0 Å². The van der Waals surface area contributed by atoms with Crippen molar-refractivity contribution in [2.45, 2.75) is 64.5 Å². The molecule has 2 heterocycles. The predicted octanol–water partition coefficient (Wildman–Crippen LogP) is 2.85. The Hall–Kier alpha value is -1.93. The highest BCUT2D eigenvalue weighted by Gasteiger charge is 2.27. The third-order valence-corrected chi connectivity index (χ3v) is 6.92. The van der Waals surface area contributed by atoms with E-state index in [4.69, 9.17) is 0 Å². The van der Waals surface area contributed by atoms with Crippen LogP contribution in [0.3, 0.4) is 0 Å². The largest absolute Gasteiger partial charge is 0.351 e. The van der Waals surface area contributed by atoms with Gasteiger partial charge < -0.3 is 10.3 Å². The van der Waals surface area contributed by atoms with Gasteiger partial charge in [0.25, 0.3) is 0 Å². The quantitative estimate of drug-likeness (QED) is 0.596. The predicted molar refractivity (Wildman–Crippen MR) is 110 cm³/mol. The summed E-state index contributed by atoms with van der Waals surface area (Å²) in [6.45, 7) is 2.14. The molecule has 3 N–H and O–H groups in total. The molecule has 154 valence electrons. The molecule has 1 saturated carbocycles. The fourth-order valence-electron chi connectivity index (χ4n) is 3.90. The van der Waals surface area contributed by atoms with Crippen LogP contribution in [-0.4, -0.2) is 36.1 Å². The molecular weight excluding hydrogens is 376 g/mol. The molecule has 0 aromatic carbocycles. The van der Waals surface area contributed by atoms with Crippen LogP contribution in [-0.2, 0) is 21.4 Å². The number of nitrogens with one attached hydrogen (secondary N) is 3.